The standard InChI is InChI=1S/C12H15NO2.C11H14N2O2/c1-7(2)12(14)15-11-6-8(3)10(13)5-9(11)4;1-11(2,3)15-10(14)7-4-5-8-9(6-7)13-12-8/h5-6H,1,13H2,2-4H3;4-6,12-13H,1-3H3. The maximum Gasteiger partial charge on any atom is 0.338 e. The van der Waals surface area contributed by atoms with Crippen LogP contribution in [0, 0.1) is 13.8 Å². The molecule has 7 heteroatoms. The number of hydrogen-bond donors (Lipinski definition) is 3. The molecule has 2 aromatic carbocycles. The second kappa shape index (κ2) is 8.90. The first-order chi connectivity index (χ1) is 13.9. The molecule has 7 nitrogen and oxygen atoms in total. The minimum atomic E-state index is -0.453. The number of aromatic amines is 2. The molecular formula is C23H29N3O4. The monoisotopic (exact) mass is 411 g/mol. The van der Waals surface area contributed by atoms with Crippen LogP contribution in [0.2, 0.25) is 0 Å². The Hall–Kier alpha value is -3.48. The summed E-state index contributed by atoms with van der Waals surface area (Å²) in [4.78, 5) is 23.0. The Morgan fingerprint density at radius 1 is 1.00 bits per heavy atom. The van der Waals surface area contributed by atoms with Gasteiger partial charge in [-0.3, -0.25) is 10.2 Å². The average molecular weight is 412 g/mol. The van der Waals surface area contributed by atoms with E-state index in [-0.39, 0.29) is 5.97 Å². The van der Waals surface area contributed by atoms with E-state index in [0.717, 1.165) is 22.2 Å². The Balaban J connectivity index is 0.000000214. The zero-order chi connectivity index (χ0) is 22.6. The number of nitrogens with one attached hydrogen (secondary N) is 2. The number of rotatable bonds is 3. The van der Waals surface area contributed by atoms with E-state index >= 15 is 0 Å². The molecule has 0 aliphatic heterocycles. The number of anilines is 1. The Morgan fingerprint density at radius 3 is 2.13 bits per heavy atom. The minimum absolute atomic E-state index is 0.293. The number of carbonyl (C=O) groups excluding carboxylic acids is 2. The lowest BCUT2D eigenvalue weighted by molar-refractivity contribution is -0.130. The smallest absolute Gasteiger partial charge is 0.338 e. The second-order valence-corrected chi connectivity index (χ2v) is 8.16. The van der Waals surface area contributed by atoms with Crippen molar-refractivity contribution in [2.75, 3.05) is 5.73 Å². The molecule has 4 N–H and O–H groups in total. The Kier molecular flexibility index (Phi) is 6.77. The number of esters is 2. The van der Waals surface area contributed by atoms with Gasteiger partial charge in [0.15, 0.2) is 0 Å². The van der Waals surface area contributed by atoms with E-state index in [2.05, 4.69) is 16.8 Å². The van der Waals surface area contributed by atoms with Gasteiger partial charge in [0.2, 0.25) is 0 Å². The van der Waals surface area contributed by atoms with Gasteiger partial charge < -0.3 is 15.2 Å². The summed E-state index contributed by atoms with van der Waals surface area (Å²) in [6.07, 6.45) is 0. The van der Waals surface area contributed by atoms with Crippen LogP contribution in [0.3, 0.4) is 0 Å². The van der Waals surface area contributed by atoms with Crippen LogP contribution in [0.15, 0.2) is 42.5 Å². The number of aryl methyl sites for hydroxylation is 2. The summed E-state index contributed by atoms with van der Waals surface area (Å²) in [5.41, 5.74) is 10.6. The van der Waals surface area contributed by atoms with Crippen LogP contribution >= 0.6 is 0 Å². The summed E-state index contributed by atoms with van der Waals surface area (Å²) in [7, 11) is 0. The van der Waals surface area contributed by atoms with E-state index in [0.29, 0.717) is 22.6 Å². The summed E-state index contributed by atoms with van der Waals surface area (Å²) in [6, 6.07) is 8.92. The quantitative estimate of drug-likeness (QED) is 0.248. The lowest BCUT2D eigenvalue weighted by Gasteiger charge is -2.19. The van der Waals surface area contributed by atoms with Gasteiger partial charge in [-0.25, -0.2) is 9.59 Å². The largest absolute Gasteiger partial charge is 0.456 e. The third-order valence-corrected chi connectivity index (χ3v) is 4.10. The molecule has 3 rings (SSSR count). The Morgan fingerprint density at radius 2 is 1.63 bits per heavy atom. The highest BCUT2D eigenvalue weighted by molar-refractivity contribution is 5.94. The van der Waals surface area contributed by atoms with Gasteiger partial charge in [-0.05, 0) is 83.0 Å². The van der Waals surface area contributed by atoms with Gasteiger partial charge >= 0.3 is 11.9 Å². The van der Waals surface area contributed by atoms with Gasteiger partial charge in [-0.15, -0.1) is 0 Å². The molecule has 0 saturated carbocycles. The predicted octanol–water partition coefficient (Wildman–Crippen LogP) is 4.82. The van der Waals surface area contributed by atoms with Gasteiger partial charge in [-0.1, -0.05) is 6.58 Å². The average Bonchev–Trinajstić information content (AvgIpc) is 2.59. The SMILES string of the molecule is C=C(C)C(=O)Oc1cc(C)c(N)cc1C.CC(C)(C)OC(=O)c1ccc2[nH][nH]c2c1. The summed E-state index contributed by atoms with van der Waals surface area (Å²) in [6.45, 7) is 14.4. The van der Waals surface area contributed by atoms with E-state index in [4.69, 9.17) is 15.2 Å². The highest BCUT2D eigenvalue weighted by Crippen LogP contribution is 2.24. The maximum absolute atomic E-state index is 11.7. The summed E-state index contributed by atoms with van der Waals surface area (Å²) in [5, 5.41) is 5.79. The lowest BCUT2D eigenvalue weighted by atomic mass is 10.1. The molecule has 0 saturated heterocycles. The zero-order valence-electron chi connectivity index (χ0n) is 18.3. The van der Waals surface area contributed by atoms with Crippen molar-refractivity contribution < 1.29 is 19.1 Å². The third-order valence-electron chi connectivity index (χ3n) is 4.10. The molecule has 0 amide bonds. The molecule has 0 aliphatic rings. The van der Waals surface area contributed by atoms with Crippen molar-refractivity contribution in [1.29, 1.82) is 0 Å². The molecule has 1 heterocycles. The van der Waals surface area contributed by atoms with Crippen molar-refractivity contribution >= 4 is 28.7 Å². The second-order valence-electron chi connectivity index (χ2n) is 8.16. The number of aromatic nitrogens is 2. The molecule has 0 fully saturated rings. The highest BCUT2D eigenvalue weighted by atomic mass is 16.6. The van der Waals surface area contributed by atoms with Crippen molar-refractivity contribution in [2.45, 2.75) is 47.1 Å². The first-order valence-corrected chi connectivity index (χ1v) is 9.51. The van der Waals surface area contributed by atoms with Crippen LogP contribution in [-0.4, -0.2) is 27.7 Å². The topological polar surface area (TPSA) is 110 Å². The first-order valence-electron chi connectivity index (χ1n) is 9.51. The number of H-pyrrole nitrogens is 2. The van der Waals surface area contributed by atoms with E-state index in [1.165, 1.54) is 0 Å². The molecule has 0 unspecified atom stereocenters. The van der Waals surface area contributed by atoms with Crippen LogP contribution in [0.1, 0.15) is 49.2 Å². The summed E-state index contributed by atoms with van der Waals surface area (Å²) >= 11 is 0. The third kappa shape index (κ3) is 6.01. The van der Waals surface area contributed by atoms with Gasteiger partial charge in [-0.2, -0.15) is 0 Å². The normalized spacial score (nSPS) is 10.9. The van der Waals surface area contributed by atoms with Crippen molar-refractivity contribution in [3.63, 3.8) is 0 Å². The number of benzene rings is 2. The van der Waals surface area contributed by atoms with E-state index < -0.39 is 11.6 Å². The van der Waals surface area contributed by atoms with Gasteiger partial charge in [0.05, 0.1) is 16.6 Å². The molecule has 30 heavy (non-hydrogen) atoms. The molecular weight excluding hydrogens is 382 g/mol. The summed E-state index contributed by atoms with van der Waals surface area (Å²) in [5.74, 6) is -0.170. The van der Waals surface area contributed by atoms with Crippen molar-refractivity contribution in [1.82, 2.24) is 10.2 Å². The predicted molar refractivity (Wildman–Crippen MR) is 119 cm³/mol. The zero-order valence-corrected chi connectivity index (χ0v) is 18.3. The molecule has 0 atom stereocenters. The molecule has 160 valence electrons. The maximum atomic E-state index is 11.7. The van der Waals surface area contributed by atoms with Crippen LogP contribution in [0.4, 0.5) is 5.69 Å². The molecule has 1 aromatic heterocycles. The van der Waals surface area contributed by atoms with E-state index in [9.17, 15) is 9.59 Å². The number of nitrogens with two attached hydrogens (primary N) is 1. The van der Waals surface area contributed by atoms with Crippen LogP contribution in [0.5, 0.6) is 5.75 Å². The highest BCUT2D eigenvalue weighted by Gasteiger charge is 2.18. The molecule has 0 spiro atoms. The summed E-state index contributed by atoms with van der Waals surface area (Å²) < 4.78 is 10.4. The number of hydrogen-bond acceptors (Lipinski definition) is 5. The van der Waals surface area contributed by atoms with Crippen LogP contribution in [-0.2, 0) is 9.53 Å². The van der Waals surface area contributed by atoms with Gasteiger partial charge in [0, 0.05) is 11.3 Å². The lowest BCUT2D eigenvalue weighted by Crippen LogP contribution is -2.23. The Labute approximate surface area is 176 Å². The van der Waals surface area contributed by atoms with Gasteiger partial charge in [0.1, 0.15) is 11.4 Å². The van der Waals surface area contributed by atoms with Gasteiger partial charge in [0.25, 0.3) is 0 Å². The van der Waals surface area contributed by atoms with E-state index in [1.54, 1.807) is 31.2 Å². The van der Waals surface area contributed by atoms with E-state index in [1.807, 2.05) is 40.7 Å². The fraction of sp³-hybridized carbons (Fsp3) is 0.304. The molecule has 0 aliphatic carbocycles. The number of ether oxygens (including phenoxy) is 2. The van der Waals surface area contributed by atoms with Crippen molar-refractivity contribution in [3.05, 3.63) is 59.2 Å². The van der Waals surface area contributed by atoms with Crippen molar-refractivity contribution in [2.24, 2.45) is 0 Å². The first kappa shape index (κ1) is 22.8. The molecule has 0 bridgehead atoms. The van der Waals surface area contributed by atoms with Crippen molar-refractivity contribution in [3.8, 4) is 5.75 Å². The number of carbonyl (C=O) groups is 2. The molecule has 0 radical (unpaired) electrons. The number of nitrogen functional groups attached to an aromatic ring is 1. The fourth-order valence-electron chi connectivity index (χ4n) is 2.40. The van der Waals surface area contributed by atoms with Crippen LogP contribution < -0.4 is 10.5 Å². The minimum Gasteiger partial charge on any atom is -0.456 e. The van der Waals surface area contributed by atoms with Crippen LogP contribution in [0.25, 0.3) is 11.0 Å². The Bertz CT molecular complexity index is 1080. The fourth-order valence-corrected chi connectivity index (χ4v) is 2.40. The molecule has 3 aromatic rings. The number of fused-ring (bicyclic) bond motifs is 1.